The molecule has 0 heterocycles. The maximum absolute atomic E-state index is 10.2. The summed E-state index contributed by atoms with van der Waals surface area (Å²) in [6.45, 7) is 14.3. The monoisotopic (exact) mass is 1030 g/mol. The van der Waals surface area contributed by atoms with E-state index in [1.165, 1.54) is 0 Å². The molecule has 418 valence electrons. The molecule has 1 aromatic carbocycles. The Kier molecular flexibility index (Phi) is 47.8. The number of benzene rings is 1. The Morgan fingerprint density at radius 3 is 1.01 bits per heavy atom. The Hall–Kier alpha value is -4.46. The molecule has 9 N–H and O–H groups in total. The summed E-state index contributed by atoms with van der Waals surface area (Å²) < 4.78 is 5.45. The van der Waals surface area contributed by atoms with Crippen molar-refractivity contribution in [1.29, 1.82) is 0 Å². The van der Waals surface area contributed by atoms with E-state index in [4.69, 9.17) is 4.74 Å². The summed E-state index contributed by atoms with van der Waals surface area (Å²) in [5.74, 6) is 0.729. The second kappa shape index (κ2) is 49.4. The standard InChI is InChI=1S/C22H30O4.2C21H36O3/c1-2-3-16-21(24)22(25)17-12-7-5-4-6-9-13-19(23)18-26-20-14-10-8-11-15-20;2*1-4-6-13-17-21(3,24)18-14-11-9-8-10-12-16-20(23)19(22)15-7-5-2/h4-15,17,19,21-25H,2-3,16,18H2,1H3;2*8-12,14,16,18-20,22-24H,4-7,13,15,17H2,1-3H3/b6-4-,7-5+,13-9+,17-12+;2*10-8+,11-9-,16-12+,18-14+/t19-,21+,22-;2*19-,20+,21?/m100/s1. The predicted octanol–water partition coefficient (Wildman–Crippen LogP) is 12.5. The first kappa shape index (κ1) is 71.6. The van der Waals surface area contributed by atoms with Crippen molar-refractivity contribution in [3.63, 3.8) is 0 Å². The number of rotatable bonds is 38. The summed E-state index contributed by atoms with van der Waals surface area (Å²) in [6.07, 6.45) is 53.2. The zero-order valence-corrected chi connectivity index (χ0v) is 46.4. The fourth-order valence-corrected chi connectivity index (χ4v) is 6.55. The maximum atomic E-state index is 10.2. The lowest BCUT2D eigenvalue weighted by atomic mass is 9.98. The molecule has 0 fully saturated rings. The van der Waals surface area contributed by atoms with E-state index in [0.29, 0.717) is 19.3 Å². The van der Waals surface area contributed by atoms with Gasteiger partial charge in [0.25, 0.3) is 0 Å². The second-order valence-corrected chi connectivity index (χ2v) is 19.0. The lowest BCUT2D eigenvalue weighted by molar-refractivity contribution is 0.0418. The Morgan fingerprint density at radius 2 is 0.689 bits per heavy atom. The molecule has 0 bridgehead atoms. The number of para-hydroxylation sites is 1. The van der Waals surface area contributed by atoms with E-state index in [1.807, 2.05) is 118 Å². The van der Waals surface area contributed by atoms with E-state index in [-0.39, 0.29) is 6.61 Å². The number of hydrogen-bond acceptors (Lipinski definition) is 10. The molecular formula is C64H102O10. The summed E-state index contributed by atoms with van der Waals surface area (Å²) in [6, 6.07) is 9.35. The van der Waals surface area contributed by atoms with Gasteiger partial charge in [-0.05, 0) is 58.1 Å². The van der Waals surface area contributed by atoms with Crippen LogP contribution in [0.25, 0.3) is 0 Å². The lowest BCUT2D eigenvalue weighted by Gasteiger charge is -2.18. The van der Waals surface area contributed by atoms with Crippen molar-refractivity contribution >= 4 is 0 Å². The highest BCUT2D eigenvalue weighted by Crippen LogP contribution is 2.17. The number of hydrogen-bond donors (Lipinski definition) is 9. The quantitative estimate of drug-likeness (QED) is 0.0228. The zero-order chi connectivity index (χ0) is 55.6. The zero-order valence-electron chi connectivity index (χ0n) is 46.4. The van der Waals surface area contributed by atoms with Gasteiger partial charge in [0.05, 0.1) is 47.8 Å². The molecule has 0 aliphatic rings. The van der Waals surface area contributed by atoms with Crippen LogP contribution < -0.4 is 4.74 Å². The molecule has 0 aliphatic carbocycles. The molecule has 0 saturated heterocycles. The van der Waals surface area contributed by atoms with Crippen LogP contribution in [0, 0.1) is 0 Å². The number of aliphatic hydroxyl groups excluding tert-OH is 7. The van der Waals surface area contributed by atoms with E-state index in [2.05, 4.69) is 27.7 Å². The molecular weight excluding hydrogens is 929 g/mol. The highest BCUT2D eigenvalue weighted by Gasteiger charge is 2.16. The van der Waals surface area contributed by atoms with Crippen molar-refractivity contribution in [3.8, 4) is 5.75 Å². The predicted molar refractivity (Wildman–Crippen MR) is 312 cm³/mol. The van der Waals surface area contributed by atoms with Crippen LogP contribution in [0.1, 0.15) is 158 Å². The summed E-state index contributed by atoms with van der Waals surface area (Å²) >= 11 is 0. The number of ether oxygens (including phenoxy) is 1. The number of aliphatic hydroxyl groups is 9. The third kappa shape index (κ3) is 47.3. The summed E-state index contributed by atoms with van der Waals surface area (Å²) in [4.78, 5) is 0. The molecule has 74 heavy (non-hydrogen) atoms. The maximum Gasteiger partial charge on any atom is 0.119 e. The van der Waals surface area contributed by atoms with Gasteiger partial charge in [0.2, 0.25) is 0 Å². The van der Waals surface area contributed by atoms with Crippen LogP contribution in [0.15, 0.2) is 176 Å². The number of unbranched alkanes of at least 4 members (excludes halogenated alkanes) is 7. The SMILES string of the molecule is CCCCCC(C)(O)/C=C/C=C\C=C\C=C\[C@@H](O)[C@@H](O)CCCC.CCCCCC(C)(O)/C=C/C=C\C=C\C=C\[C@@H](O)[C@@H](O)CCCC.CCCC[C@H](O)[C@H](O)/C=C/C=C/C=C\C=C\[C@@H](O)COc1ccccc1. The Bertz CT molecular complexity index is 1720. The van der Waals surface area contributed by atoms with Gasteiger partial charge in [-0.15, -0.1) is 0 Å². The molecule has 9 atom stereocenters. The first-order chi connectivity index (χ1) is 35.5. The third-order valence-corrected chi connectivity index (χ3v) is 11.3. The minimum Gasteiger partial charge on any atom is -0.491 e. The van der Waals surface area contributed by atoms with Crippen LogP contribution in [-0.4, -0.2) is 106 Å². The van der Waals surface area contributed by atoms with E-state index in [0.717, 1.165) is 95.6 Å². The van der Waals surface area contributed by atoms with Gasteiger partial charge in [0.15, 0.2) is 0 Å². The minimum absolute atomic E-state index is 0.200. The molecule has 0 amide bonds. The molecule has 0 spiro atoms. The van der Waals surface area contributed by atoms with Crippen LogP contribution in [0.2, 0.25) is 0 Å². The van der Waals surface area contributed by atoms with Crippen molar-refractivity contribution in [2.24, 2.45) is 0 Å². The van der Waals surface area contributed by atoms with E-state index in [1.54, 1.807) is 79.0 Å². The van der Waals surface area contributed by atoms with Gasteiger partial charge in [-0.25, -0.2) is 0 Å². The van der Waals surface area contributed by atoms with Gasteiger partial charge in [0.1, 0.15) is 18.5 Å². The van der Waals surface area contributed by atoms with Crippen molar-refractivity contribution in [2.75, 3.05) is 6.61 Å². The van der Waals surface area contributed by atoms with Crippen molar-refractivity contribution < 1.29 is 50.7 Å². The molecule has 0 radical (unpaired) electrons. The van der Waals surface area contributed by atoms with Crippen LogP contribution in [-0.2, 0) is 0 Å². The Labute approximate surface area is 449 Å². The molecule has 0 saturated carbocycles. The van der Waals surface area contributed by atoms with Crippen LogP contribution in [0.4, 0.5) is 0 Å². The largest absolute Gasteiger partial charge is 0.491 e. The highest BCUT2D eigenvalue weighted by atomic mass is 16.5. The van der Waals surface area contributed by atoms with Crippen LogP contribution in [0.5, 0.6) is 5.75 Å². The molecule has 10 nitrogen and oxygen atoms in total. The molecule has 0 aliphatic heterocycles. The Balaban J connectivity index is 0. The molecule has 0 aromatic heterocycles. The van der Waals surface area contributed by atoms with Crippen LogP contribution >= 0.6 is 0 Å². The minimum atomic E-state index is -0.838. The van der Waals surface area contributed by atoms with E-state index in [9.17, 15) is 46.0 Å². The summed E-state index contributed by atoms with van der Waals surface area (Å²) in [5.41, 5.74) is -1.50. The number of allylic oxidation sites excluding steroid dienone is 18. The van der Waals surface area contributed by atoms with Crippen LogP contribution in [0.3, 0.4) is 0 Å². The highest BCUT2D eigenvalue weighted by molar-refractivity contribution is 5.22. The first-order valence-corrected chi connectivity index (χ1v) is 27.4. The second-order valence-electron chi connectivity index (χ2n) is 19.0. The molecule has 2 unspecified atom stereocenters. The molecule has 1 aromatic rings. The fourth-order valence-electron chi connectivity index (χ4n) is 6.55. The third-order valence-electron chi connectivity index (χ3n) is 11.3. The van der Waals surface area contributed by atoms with Gasteiger partial charge in [-0.1, -0.05) is 276 Å². The average molecular weight is 1030 g/mol. The van der Waals surface area contributed by atoms with E-state index >= 15 is 0 Å². The van der Waals surface area contributed by atoms with Gasteiger partial charge < -0.3 is 50.7 Å². The summed E-state index contributed by atoms with van der Waals surface area (Å²) in [7, 11) is 0. The average Bonchev–Trinajstić information content (AvgIpc) is 3.38. The first-order valence-electron chi connectivity index (χ1n) is 27.4. The van der Waals surface area contributed by atoms with Crippen molar-refractivity contribution in [1.82, 2.24) is 0 Å². The van der Waals surface area contributed by atoms with Gasteiger partial charge in [-0.3, -0.25) is 0 Å². The normalized spacial score (nSPS) is 17.4. The van der Waals surface area contributed by atoms with Gasteiger partial charge in [-0.2, -0.15) is 0 Å². The molecule has 10 heteroatoms. The topological polar surface area (TPSA) is 191 Å². The fraction of sp³-hybridized carbons (Fsp3) is 0.531. The van der Waals surface area contributed by atoms with Gasteiger partial charge >= 0.3 is 0 Å². The lowest BCUT2D eigenvalue weighted by Crippen LogP contribution is -2.23. The van der Waals surface area contributed by atoms with Crippen molar-refractivity contribution in [3.05, 3.63) is 176 Å². The van der Waals surface area contributed by atoms with Gasteiger partial charge in [0, 0.05) is 0 Å². The summed E-state index contributed by atoms with van der Waals surface area (Å²) in [5, 5.41) is 88.4. The Morgan fingerprint density at radius 1 is 0.392 bits per heavy atom. The van der Waals surface area contributed by atoms with E-state index < -0.39 is 53.9 Å². The molecule has 1 rings (SSSR count). The smallest absolute Gasteiger partial charge is 0.119 e. The van der Waals surface area contributed by atoms with Crippen molar-refractivity contribution in [2.45, 2.75) is 212 Å².